The van der Waals surface area contributed by atoms with Crippen LogP contribution in [-0.4, -0.2) is 15.9 Å². The first-order valence-electron chi connectivity index (χ1n) is 6.40. The molecule has 110 valence electrons. The number of hydrazine groups is 1. The molecule has 1 aromatic carbocycles. The molecule has 0 spiro atoms. The number of benzene rings is 1. The number of halogens is 1. The molecule has 0 bridgehead atoms. The number of nitrogens with zero attached hydrogens (tertiary/aromatic N) is 3. The van der Waals surface area contributed by atoms with Gasteiger partial charge < -0.3 is 0 Å². The fourth-order valence-corrected chi connectivity index (χ4v) is 2.47. The Morgan fingerprint density at radius 2 is 1.95 bits per heavy atom. The fourth-order valence-electron chi connectivity index (χ4n) is 1.81. The lowest BCUT2D eigenvalue weighted by Gasteiger charge is -2.23. The van der Waals surface area contributed by atoms with Crippen LogP contribution in [0.1, 0.15) is 10.5 Å². The Morgan fingerprint density at radius 1 is 1.14 bits per heavy atom. The van der Waals surface area contributed by atoms with Crippen LogP contribution in [0.15, 0.2) is 59.6 Å². The first-order valence-corrected chi connectivity index (χ1v) is 7.72. The van der Waals surface area contributed by atoms with Gasteiger partial charge in [-0.25, -0.2) is 15.0 Å². The van der Waals surface area contributed by atoms with Gasteiger partial charge in [0.25, 0.3) is 5.91 Å². The minimum atomic E-state index is -0.304. The smallest absolute Gasteiger partial charge is 0.266 e. The molecule has 3 aromatic rings. The zero-order chi connectivity index (χ0) is 15.4. The van der Waals surface area contributed by atoms with E-state index < -0.39 is 0 Å². The van der Waals surface area contributed by atoms with E-state index in [0.717, 1.165) is 5.69 Å². The number of carbonyl (C=O) groups is 1. The highest BCUT2D eigenvalue weighted by molar-refractivity contribution is 7.07. The number of nitrogens with one attached hydrogen (secondary N) is 1. The third kappa shape index (κ3) is 3.24. The predicted molar refractivity (Wildman–Crippen MR) is 87.4 cm³/mol. The first-order chi connectivity index (χ1) is 10.7. The molecule has 0 aliphatic rings. The standard InChI is InChI=1S/C15H11ClN4OS/c16-11-4-6-12(7-5-11)20(14-3-1-2-8-17-14)19-15(21)13-9-22-10-18-13/h1-10H,(H,19,21). The Balaban J connectivity index is 1.93. The second kappa shape index (κ2) is 6.55. The van der Waals surface area contributed by atoms with Gasteiger partial charge in [-0.2, -0.15) is 0 Å². The highest BCUT2D eigenvalue weighted by Gasteiger charge is 2.16. The number of pyridine rings is 1. The summed E-state index contributed by atoms with van der Waals surface area (Å²) in [5.41, 5.74) is 5.52. The van der Waals surface area contributed by atoms with E-state index in [9.17, 15) is 4.79 Å². The Kier molecular flexibility index (Phi) is 4.32. The van der Waals surface area contributed by atoms with Crippen molar-refractivity contribution >= 4 is 40.4 Å². The number of anilines is 2. The van der Waals surface area contributed by atoms with Crippen molar-refractivity contribution in [3.8, 4) is 0 Å². The van der Waals surface area contributed by atoms with Crippen LogP contribution in [0.2, 0.25) is 5.02 Å². The van der Waals surface area contributed by atoms with Crippen LogP contribution in [0.4, 0.5) is 11.5 Å². The first kappa shape index (κ1) is 14.5. The van der Waals surface area contributed by atoms with Gasteiger partial charge in [0, 0.05) is 16.6 Å². The summed E-state index contributed by atoms with van der Waals surface area (Å²) in [7, 11) is 0. The van der Waals surface area contributed by atoms with Crippen LogP contribution in [0.3, 0.4) is 0 Å². The maximum Gasteiger partial charge on any atom is 0.289 e. The number of thiazole rings is 1. The SMILES string of the molecule is O=C(NN(c1ccc(Cl)cc1)c1ccccn1)c1cscn1. The molecule has 0 atom stereocenters. The van der Waals surface area contributed by atoms with Gasteiger partial charge in [0.1, 0.15) is 5.69 Å². The molecule has 0 fully saturated rings. The number of aromatic nitrogens is 2. The molecular formula is C15H11ClN4OS. The summed E-state index contributed by atoms with van der Waals surface area (Å²) in [5, 5.41) is 3.90. The van der Waals surface area contributed by atoms with Crippen LogP contribution in [0, 0.1) is 0 Å². The van der Waals surface area contributed by atoms with Crippen molar-refractivity contribution in [2.24, 2.45) is 0 Å². The number of hydrogen-bond donors (Lipinski definition) is 1. The van der Waals surface area contributed by atoms with E-state index in [4.69, 9.17) is 11.6 Å². The van der Waals surface area contributed by atoms with Crippen molar-refractivity contribution < 1.29 is 4.79 Å². The van der Waals surface area contributed by atoms with Crippen LogP contribution in [0.5, 0.6) is 0 Å². The highest BCUT2D eigenvalue weighted by Crippen LogP contribution is 2.23. The van der Waals surface area contributed by atoms with E-state index in [2.05, 4.69) is 15.4 Å². The molecule has 0 saturated heterocycles. The van der Waals surface area contributed by atoms with Gasteiger partial charge >= 0.3 is 0 Å². The molecule has 22 heavy (non-hydrogen) atoms. The summed E-state index contributed by atoms with van der Waals surface area (Å²) >= 11 is 7.28. The largest absolute Gasteiger partial charge is 0.289 e. The minimum absolute atomic E-state index is 0.304. The van der Waals surface area contributed by atoms with Gasteiger partial charge in [0.2, 0.25) is 0 Å². The van der Waals surface area contributed by atoms with E-state index in [1.165, 1.54) is 11.3 Å². The van der Waals surface area contributed by atoms with Crippen molar-refractivity contribution in [3.63, 3.8) is 0 Å². The quantitative estimate of drug-likeness (QED) is 0.741. The Morgan fingerprint density at radius 3 is 2.59 bits per heavy atom. The molecule has 3 rings (SSSR count). The van der Waals surface area contributed by atoms with Gasteiger partial charge in [-0.1, -0.05) is 17.7 Å². The van der Waals surface area contributed by atoms with Gasteiger partial charge in [-0.15, -0.1) is 11.3 Å². The summed E-state index contributed by atoms with van der Waals surface area (Å²) in [4.78, 5) is 20.5. The second-order valence-corrected chi connectivity index (χ2v) is 5.47. The molecule has 0 aliphatic heterocycles. The number of carbonyl (C=O) groups excluding carboxylic acids is 1. The summed E-state index contributed by atoms with van der Waals surface area (Å²) in [6.07, 6.45) is 1.66. The van der Waals surface area contributed by atoms with Crippen molar-refractivity contribution in [1.29, 1.82) is 0 Å². The van der Waals surface area contributed by atoms with E-state index in [0.29, 0.717) is 16.5 Å². The normalized spacial score (nSPS) is 10.2. The summed E-state index contributed by atoms with van der Waals surface area (Å²) in [5.74, 6) is 0.287. The lowest BCUT2D eigenvalue weighted by Crippen LogP contribution is -2.39. The van der Waals surface area contributed by atoms with Gasteiger partial charge in [-0.05, 0) is 36.4 Å². The predicted octanol–water partition coefficient (Wildman–Crippen LogP) is 3.67. The number of rotatable bonds is 4. The summed E-state index contributed by atoms with van der Waals surface area (Å²) < 4.78 is 0. The summed E-state index contributed by atoms with van der Waals surface area (Å²) in [6.45, 7) is 0. The van der Waals surface area contributed by atoms with Gasteiger partial charge in [0.05, 0.1) is 11.2 Å². The van der Waals surface area contributed by atoms with Crippen LogP contribution < -0.4 is 10.4 Å². The molecule has 5 nitrogen and oxygen atoms in total. The van der Waals surface area contributed by atoms with E-state index in [1.54, 1.807) is 52.4 Å². The molecule has 0 radical (unpaired) electrons. The third-order valence-electron chi connectivity index (χ3n) is 2.84. The average molecular weight is 331 g/mol. The molecule has 1 N–H and O–H groups in total. The zero-order valence-electron chi connectivity index (χ0n) is 11.3. The molecular weight excluding hydrogens is 320 g/mol. The number of amides is 1. The van der Waals surface area contributed by atoms with Crippen LogP contribution in [0.25, 0.3) is 0 Å². The van der Waals surface area contributed by atoms with Gasteiger partial charge in [0.15, 0.2) is 5.82 Å². The molecule has 0 aliphatic carbocycles. The van der Waals surface area contributed by atoms with Crippen molar-refractivity contribution in [2.45, 2.75) is 0 Å². The van der Waals surface area contributed by atoms with E-state index in [1.807, 2.05) is 12.1 Å². The molecule has 1 amide bonds. The highest BCUT2D eigenvalue weighted by atomic mass is 35.5. The Hall–Kier alpha value is -2.44. The van der Waals surface area contributed by atoms with Crippen molar-refractivity contribution in [1.82, 2.24) is 15.4 Å². The van der Waals surface area contributed by atoms with Crippen molar-refractivity contribution in [2.75, 3.05) is 5.01 Å². The Bertz CT molecular complexity index is 747. The topological polar surface area (TPSA) is 58.1 Å². The van der Waals surface area contributed by atoms with E-state index in [-0.39, 0.29) is 5.91 Å². The third-order valence-corrected chi connectivity index (χ3v) is 3.68. The Labute approximate surface area is 136 Å². The zero-order valence-corrected chi connectivity index (χ0v) is 12.9. The molecule has 0 unspecified atom stereocenters. The second-order valence-electron chi connectivity index (χ2n) is 4.31. The fraction of sp³-hybridized carbons (Fsp3) is 0. The summed E-state index contributed by atoms with van der Waals surface area (Å²) in [6, 6.07) is 12.6. The maximum absolute atomic E-state index is 12.3. The molecule has 2 aromatic heterocycles. The minimum Gasteiger partial charge on any atom is -0.266 e. The lowest BCUT2D eigenvalue weighted by atomic mass is 10.3. The van der Waals surface area contributed by atoms with E-state index >= 15 is 0 Å². The molecule has 2 heterocycles. The number of hydrogen-bond acceptors (Lipinski definition) is 5. The lowest BCUT2D eigenvalue weighted by molar-refractivity contribution is 0.0949. The molecule has 0 saturated carbocycles. The van der Waals surface area contributed by atoms with Crippen LogP contribution >= 0.6 is 22.9 Å². The average Bonchev–Trinajstić information content (AvgIpc) is 3.09. The van der Waals surface area contributed by atoms with Gasteiger partial charge in [-0.3, -0.25) is 10.2 Å². The maximum atomic E-state index is 12.3. The monoisotopic (exact) mass is 330 g/mol. The van der Waals surface area contributed by atoms with Crippen LogP contribution in [-0.2, 0) is 0 Å². The van der Waals surface area contributed by atoms with Crippen molar-refractivity contribution in [3.05, 3.63) is 70.3 Å². The molecule has 7 heteroatoms.